The Kier molecular flexibility index (Phi) is 3.30. The number of nitrogens with one attached hydrogen (secondary N) is 1. The summed E-state index contributed by atoms with van der Waals surface area (Å²) in [4.78, 5) is 26.4. The second-order valence-electron chi connectivity index (χ2n) is 4.74. The number of rotatable bonds is 4. The molecule has 1 aliphatic rings. The van der Waals surface area contributed by atoms with E-state index in [0.29, 0.717) is 11.0 Å². The topological polar surface area (TPSA) is 105 Å². The zero-order chi connectivity index (χ0) is 15.0. The third-order valence-electron chi connectivity index (χ3n) is 3.19. The first-order valence-electron chi connectivity index (χ1n) is 6.29. The number of para-hydroxylation sites is 1. The van der Waals surface area contributed by atoms with E-state index in [1.165, 1.54) is 23.5 Å². The van der Waals surface area contributed by atoms with Crippen LogP contribution in [0.1, 0.15) is 34.8 Å². The molecule has 108 valence electrons. The number of hydrogen-bond acceptors (Lipinski definition) is 6. The molecule has 1 aromatic heterocycles. The van der Waals surface area contributed by atoms with Gasteiger partial charge in [-0.25, -0.2) is 4.98 Å². The van der Waals surface area contributed by atoms with Crippen LogP contribution in [0.15, 0.2) is 23.6 Å². The first kappa shape index (κ1) is 13.5. The van der Waals surface area contributed by atoms with Gasteiger partial charge in [-0.15, -0.1) is 11.3 Å². The van der Waals surface area contributed by atoms with Gasteiger partial charge in [0.15, 0.2) is 5.13 Å². The van der Waals surface area contributed by atoms with Crippen LogP contribution in [0.2, 0.25) is 0 Å². The summed E-state index contributed by atoms with van der Waals surface area (Å²) in [5, 5.41) is 25.4. The fourth-order valence-corrected chi connectivity index (χ4v) is 2.72. The number of carbonyl (C=O) groups excluding carboxylic acids is 1. The first-order chi connectivity index (χ1) is 10.1. The van der Waals surface area contributed by atoms with Crippen LogP contribution in [0.3, 0.4) is 0 Å². The molecular formula is C13H11N3O4S. The second-order valence-corrected chi connectivity index (χ2v) is 5.59. The Hall–Kier alpha value is -2.48. The summed E-state index contributed by atoms with van der Waals surface area (Å²) in [6.45, 7) is 0. The van der Waals surface area contributed by atoms with Gasteiger partial charge in [0.25, 0.3) is 5.91 Å². The van der Waals surface area contributed by atoms with Crippen molar-refractivity contribution in [2.75, 3.05) is 5.32 Å². The number of nitrogens with zero attached hydrogens (tertiary/aromatic N) is 2. The minimum Gasteiger partial charge on any atom is -0.502 e. The summed E-state index contributed by atoms with van der Waals surface area (Å²) >= 11 is 1.30. The molecule has 0 saturated heterocycles. The van der Waals surface area contributed by atoms with E-state index in [4.69, 9.17) is 0 Å². The van der Waals surface area contributed by atoms with E-state index in [1.807, 2.05) is 5.38 Å². The van der Waals surface area contributed by atoms with Crippen LogP contribution >= 0.6 is 11.3 Å². The summed E-state index contributed by atoms with van der Waals surface area (Å²) in [7, 11) is 0. The monoisotopic (exact) mass is 305 g/mol. The molecule has 1 heterocycles. The maximum Gasteiger partial charge on any atom is 0.311 e. The quantitative estimate of drug-likeness (QED) is 0.667. The van der Waals surface area contributed by atoms with Gasteiger partial charge in [0.1, 0.15) is 0 Å². The molecule has 3 rings (SSSR count). The predicted molar refractivity (Wildman–Crippen MR) is 76.8 cm³/mol. The van der Waals surface area contributed by atoms with E-state index in [2.05, 4.69) is 10.3 Å². The van der Waals surface area contributed by atoms with Crippen LogP contribution in [0.4, 0.5) is 10.8 Å². The normalized spacial score (nSPS) is 13.9. The van der Waals surface area contributed by atoms with Crippen molar-refractivity contribution >= 4 is 28.1 Å². The van der Waals surface area contributed by atoms with Crippen LogP contribution < -0.4 is 5.32 Å². The Bertz CT molecular complexity index is 724. The lowest BCUT2D eigenvalue weighted by atomic mass is 10.1. The van der Waals surface area contributed by atoms with Gasteiger partial charge in [-0.05, 0) is 18.9 Å². The standard InChI is InChI=1S/C13H11N3O4S/c17-11-8(2-1-3-10(11)16(19)20)12(18)15-13-14-9(6-21-13)7-4-5-7/h1-3,6-7,17H,4-5H2,(H,14,15,18). The van der Waals surface area contributed by atoms with Crippen LogP contribution in [0.5, 0.6) is 5.75 Å². The van der Waals surface area contributed by atoms with Crippen molar-refractivity contribution in [1.82, 2.24) is 4.98 Å². The Morgan fingerprint density at radius 3 is 2.90 bits per heavy atom. The van der Waals surface area contributed by atoms with Crippen LogP contribution in [-0.4, -0.2) is 20.9 Å². The fourth-order valence-electron chi connectivity index (χ4n) is 1.94. The molecule has 0 spiro atoms. The maximum absolute atomic E-state index is 12.1. The van der Waals surface area contributed by atoms with Gasteiger partial charge < -0.3 is 5.11 Å². The maximum atomic E-state index is 12.1. The van der Waals surface area contributed by atoms with E-state index in [-0.39, 0.29) is 5.56 Å². The second kappa shape index (κ2) is 5.13. The molecule has 2 aromatic rings. The molecule has 0 bridgehead atoms. The third kappa shape index (κ3) is 2.70. The average Bonchev–Trinajstić information content (AvgIpc) is 3.19. The van der Waals surface area contributed by atoms with E-state index in [9.17, 15) is 20.0 Å². The molecule has 2 N–H and O–H groups in total. The Morgan fingerprint density at radius 2 is 2.24 bits per heavy atom. The molecule has 1 fully saturated rings. The average molecular weight is 305 g/mol. The number of aromatic hydroxyl groups is 1. The van der Waals surface area contributed by atoms with Crippen molar-refractivity contribution in [2.45, 2.75) is 18.8 Å². The van der Waals surface area contributed by atoms with Gasteiger partial charge in [-0.2, -0.15) is 0 Å². The summed E-state index contributed by atoms with van der Waals surface area (Å²) in [5.74, 6) is -0.773. The van der Waals surface area contributed by atoms with E-state index in [1.54, 1.807) is 0 Å². The zero-order valence-corrected chi connectivity index (χ0v) is 11.6. The minimum absolute atomic E-state index is 0.146. The number of anilines is 1. The predicted octanol–water partition coefficient (Wildman–Crippen LogP) is 2.89. The molecule has 1 aliphatic carbocycles. The van der Waals surface area contributed by atoms with E-state index < -0.39 is 22.3 Å². The number of amides is 1. The number of phenols is 1. The summed E-state index contributed by atoms with van der Waals surface area (Å²) in [5.41, 5.74) is 0.311. The first-order valence-corrected chi connectivity index (χ1v) is 7.17. The molecule has 0 radical (unpaired) electrons. The lowest BCUT2D eigenvalue weighted by molar-refractivity contribution is -0.385. The number of carbonyl (C=O) groups is 1. The van der Waals surface area contributed by atoms with Gasteiger partial charge in [0.05, 0.1) is 16.2 Å². The van der Waals surface area contributed by atoms with Gasteiger partial charge in [-0.3, -0.25) is 20.2 Å². The Labute approximate surface area is 123 Å². The highest BCUT2D eigenvalue weighted by Crippen LogP contribution is 2.41. The third-order valence-corrected chi connectivity index (χ3v) is 3.97. The molecule has 0 aliphatic heterocycles. The largest absolute Gasteiger partial charge is 0.502 e. The summed E-state index contributed by atoms with van der Waals surface area (Å²) < 4.78 is 0. The number of nitro benzene ring substituents is 1. The number of nitro groups is 1. The number of benzene rings is 1. The Morgan fingerprint density at radius 1 is 1.48 bits per heavy atom. The Balaban J connectivity index is 1.81. The highest BCUT2D eigenvalue weighted by atomic mass is 32.1. The zero-order valence-electron chi connectivity index (χ0n) is 10.8. The molecule has 1 amide bonds. The molecule has 0 unspecified atom stereocenters. The molecular weight excluding hydrogens is 294 g/mol. The lowest BCUT2D eigenvalue weighted by Gasteiger charge is -2.04. The molecule has 7 nitrogen and oxygen atoms in total. The lowest BCUT2D eigenvalue weighted by Crippen LogP contribution is -2.12. The van der Waals surface area contributed by atoms with Crippen molar-refractivity contribution in [3.8, 4) is 5.75 Å². The summed E-state index contributed by atoms with van der Waals surface area (Å²) in [6, 6.07) is 3.82. The smallest absolute Gasteiger partial charge is 0.311 e. The molecule has 21 heavy (non-hydrogen) atoms. The summed E-state index contributed by atoms with van der Waals surface area (Å²) in [6.07, 6.45) is 2.23. The van der Waals surface area contributed by atoms with Crippen molar-refractivity contribution in [1.29, 1.82) is 0 Å². The number of hydrogen-bond donors (Lipinski definition) is 2. The molecule has 1 saturated carbocycles. The van der Waals surface area contributed by atoms with Crippen molar-refractivity contribution < 1.29 is 14.8 Å². The van der Waals surface area contributed by atoms with Crippen molar-refractivity contribution in [3.63, 3.8) is 0 Å². The van der Waals surface area contributed by atoms with Crippen LogP contribution in [0, 0.1) is 10.1 Å². The van der Waals surface area contributed by atoms with Crippen molar-refractivity contribution in [2.24, 2.45) is 0 Å². The highest BCUT2D eigenvalue weighted by Gasteiger charge is 2.27. The minimum atomic E-state index is -0.735. The number of aromatic nitrogens is 1. The number of phenolic OH excluding ortho intramolecular Hbond substituents is 1. The molecule has 8 heteroatoms. The van der Waals surface area contributed by atoms with Gasteiger partial charge in [0, 0.05) is 17.4 Å². The molecule has 0 atom stereocenters. The van der Waals surface area contributed by atoms with Crippen LogP contribution in [-0.2, 0) is 0 Å². The van der Waals surface area contributed by atoms with Gasteiger partial charge >= 0.3 is 5.69 Å². The van der Waals surface area contributed by atoms with Crippen LogP contribution in [0.25, 0.3) is 0 Å². The highest BCUT2D eigenvalue weighted by molar-refractivity contribution is 7.14. The fraction of sp³-hybridized carbons (Fsp3) is 0.231. The van der Waals surface area contributed by atoms with Gasteiger partial charge in [0.2, 0.25) is 5.75 Å². The van der Waals surface area contributed by atoms with E-state index in [0.717, 1.165) is 24.6 Å². The van der Waals surface area contributed by atoms with Crippen molar-refractivity contribution in [3.05, 3.63) is 45.0 Å². The van der Waals surface area contributed by atoms with Gasteiger partial charge in [-0.1, -0.05) is 6.07 Å². The SMILES string of the molecule is O=C(Nc1nc(C2CC2)cs1)c1cccc([N+](=O)[O-])c1O. The van der Waals surface area contributed by atoms with E-state index >= 15 is 0 Å². The number of thiazole rings is 1. The molecule has 1 aromatic carbocycles.